The highest BCUT2D eigenvalue weighted by molar-refractivity contribution is 7.90. The molecule has 0 saturated heterocycles. The topological polar surface area (TPSA) is 77.7 Å². The quantitative estimate of drug-likeness (QED) is 0.427. The van der Waals surface area contributed by atoms with E-state index >= 15 is 0 Å². The van der Waals surface area contributed by atoms with E-state index in [2.05, 4.69) is 11.7 Å². The third kappa shape index (κ3) is 4.20. The van der Waals surface area contributed by atoms with E-state index in [0.29, 0.717) is 0 Å². The molecule has 0 N–H and O–H groups in total. The Hall–Kier alpha value is -3.45. The van der Waals surface area contributed by atoms with E-state index in [0.717, 1.165) is 9.54 Å². The second kappa shape index (κ2) is 8.70. The minimum Gasteiger partial charge on any atom is -0.457 e. The molecule has 0 saturated carbocycles. The molecular formula is C22H20N2O4S. The van der Waals surface area contributed by atoms with Gasteiger partial charge in [0.25, 0.3) is 10.0 Å². The van der Waals surface area contributed by atoms with Crippen molar-refractivity contribution in [3.05, 3.63) is 89.8 Å². The van der Waals surface area contributed by atoms with Crippen molar-refractivity contribution in [2.45, 2.75) is 18.4 Å². The maximum absolute atomic E-state index is 13.1. The molecule has 0 fully saturated rings. The molecule has 0 spiro atoms. The normalized spacial score (nSPS) is 11.5. The molecule has 0 unspecified atom stereocenters. The molecule has 0 aliphatic rings. The van der Waals surface area contributed by atoms with Crippen molar-refractivity contribution in [1.82, 2.24) is 3.97 Å². The summed E-state index contributed by atoms with van der Waals surface area (Å²) < 4.78 is 32.7. The zero-order valence-electron chi connectivity index (χ0n) is 15.9. The molecule has 0 aliphatic heterocycles. The van der Waals surface area contributed by atoms with E-state index in [1.165, 1.54) is 18.3 Å². The lowest BCUT2D eigenvalue weighted by molar-refractivity contribution is 0.0474. The highest BCUT2D eigenvalue weighted by Gasteiger charge is 2.27. The first-order valence-corrected chi connectivity index (χ1v) is 10.3. The van der Waals surface area contributed by atoms with Crippen molar-refractivity contribution in [2.24, 2.45) is 4.99 Å². The number of aliphatic imine (C=N–C) groups is 1. The summed E-state index contributed by atoms with van der Waals surface area (Å²) in [6.45, 7) is 5.31. The third-order valence-corrected chi connectivity index (χ3v) is 5.88. The molecule has 3 rings (SSSR count). The monoisotopic (exact) mass is 408 g/mol. The molecule has 2 aromatic carbocycles. The zero-order valence-corrected chi connectivity index (χ0v) is 16.7. The van der Waals surface area contributed by atoms with Crippen LogP contribution in [-0.4, -0.2) is 25.1 Å². The predicted molar refractivity (Wildman–Crippen MR) is 113 cm³/mol. The lowest BCUT2D eigenvalue weighted by atomic mass is 10.2. The van der Waals surface area contributed by atoms with Crippen molar-refractivity contribution in [2.75, 3.05) is 0 Å². The van der Waals surface area contributed by atoms with Crippen molar-refractivity contribution in [3.8, 4) is 0 Å². The molecule has 0 radical (unpaired) electrons. The van der Waals surface area contributed by atoms with Gasteiger partial charge >= 0.3 is 5.97 Å². The van der Waals surface area contributed by atoms with Gasteiger partial charge in [-0.2, -0.15) is 0 Å². The SMILES string of the molecule is C=Nc1c(C(=O)OCc2ccccc2)cn(S(=O)(=O)c2ccccc2)c1/C=C\C. The number of aromatic nitrogens is 1. The van der Waals surface area contributed by atoms with Crippen LogP contribution < -0.4 is 0 Å². The lowest BCUT2D eigenvalue weighted by Gasteiger charge is -2.08. The Kier molecular flexibility index (Phi) is 6.09. The molecule has 0 amide bonds. The van der Waals surface area contributed by atoms with Crippen LogP contribution in [0.3, 0.4) is 0 Å². The third-order valence-electron chi connectivity index (χ3n) is 4.20. The number of nitrogens with zero attached hydrogens (tertiary/aromatic N) is 2. The van der Waals surface area contributed by atoms with E-state index in [1.807, 2.05) is 30.3 Å². The fourth-order valence-corrected chi connectivity index (χ4v) is 4.20. The Labute approximate surface area is 169 Å². The van der Waals surface area contributed by atoms with Crippen LogP contribution in [0, 0.1) is 0 Å². The second-order valence-electron chi connectivity index (χ2n) is 6.11. The van der Waals surface area contributed by atoms with Crippen molar-refractivity contribution < 1.29 is 17.9 Å². The Balaban J connectivity index is 2.04. The van der Waals surface area contributed by atoms with Crippen LogP contribution in [0.5, 0.6) is 0 Å². The molecule has 148 valence electrons. The maximum atomic E-state index is 13.1. The number of allylic oxidation sites excluding steroid dienone is 1. The number of hydrogen-bond donors (Lipinski definition) is 0. The van der Waals surface area contributed by atoms with Crippen LogP contribution in [0.4, 0.5) is 5.69 Å². The summed E-state index contributed by atoms with van der Waals surface area (Å²) in [5, 5.41) is 0. The minimum atomic E-state index is -3.93. The standard InChI is InChI=1S/C22H20N2O4S/c1-3-10-20-21(23-2)19(22(25)28-16-17-11-6-4-7-12-17)15-24(20)29(26,27)18-13-8-5-9-14-18/h3-15H,2,16H2,1H3/b10-3-. The van der Waals surface area contributed by atoms with Crippen molar-refractivity contribution in [1.29, 1.82) is 0 Å². The molecule has 1 heterocycles. The largest absolute Gasteiger partial charge is 0.457 e. The summed E-state index contributed by atoms with van der Waals surface area (Å²) in [4.78, 5) is 16.7. The molecule has 0 aliphatic carbocycles. The molecule has 7 heteroatoms. The molecule has 6 nitrogen and oxygen atoms in total. The first-order chi connectivity index (χ1) is 14.0. The predicted octanol–water partition coefficient (Wildman–Crippen LogP) is 4.45. The zero-order chi connectivity index (χ0) is 20.9. The van der Waals surface area contributed by atoms with Gasteiger partial charge in [-0.3, -0.25) is 4.99 Å². The number of carbonyl (C=O) groups excluding carboxylic acids is 1. The lowest BCUT2D eigenvalue weighted by Crippen LogP contribution is -2.13. The van der Waals surface area contributed by atoms with Gasteiger partial charge in [-0.25, -0.2) is 17.2 Å². The molecule has 0 bridgehead atoms. The Bertz CT molecular complexity index is 1150. The van der Waals surface area contributed by atoms with Gasteiger partial charge in [-0.15, -0.1) is 0 Å². The van der Waals surface area contributed by atoms with Crippen molar-refractivity contribution >= 4 is 34.5 Å². The number of benzene rings is 2. The average molecular weight is 408 g/mol. The molecule has 0 atom stereocenters. The van der Waals surface area contributed by atoms with E-state index in [4.69, 9.17) is 4.74 Å². The van der Waals surface area contributed by atoms with Gasteiger partial charge in [0.15, 0.2) is 0 Å². The van der Waals surface area contributed by atoms with Crippen LogP contribution in [0.15, 0.2) is 82.8 Å². The van der Waals surface area contributed by atoms with Gasteiger partial charge in [0.05, 0.1) is 10.6 Å². The van der Waals surface area contributed by atoms with Crippen LogP contribution in [-0.2, 0) is 21.4 Å². The number of esters is 1. The van der Waals surface area contributed by atoms with E-state index in [1.54, 1.807) is 37.3 Å². The maximum Gasteiger partial charge on any atom is 0.342 e. The van der Waals surface area contributed by atoms with Crippen LogP contribution in [0.2, 0.25) is 0 Å². The minimum absolute atomic E-state index is 0.0311. The highest BCUT2D eigenvalue weighted by atomic mass is 32.2. The second-order valence-corrected chi connectivity index (χ2v) is 7.93. The first kappa shape index (κ1) is 20.3. The fourth-order valence-electron chi connectivity index (χ4n) is 2.82. The summed E-state index contributed by atoms with van der Waals surface area (Å²) in [6, 6.07) is 17.2. The summed E-state index contributed by atoms with van der Waals surface area (Å²) in [7, 11) is -3.93. The van der Waals surface area contributed by atoms with E-state index in [-0.39, 0.29) is 28.4 Å². The molecule has 1 aromatic heterocycles. The van der Waals surface area contributed by atoms with Gasteiger partial charge in [-0.05, 0) is 37.4 Å². The fraction of sp³-hybridized carbons (Fsp3) is 0.0909. The van der Waals surface area contributed by atoms with Gasteiger partial charge in [0, 0.05) is 6.20 Å². The van der Waals surface area contributed by atoms with Crippen LogP contribution >= 0.6 is 0 Å². The summed E-state index contributed by atoms with van der Waals surface area (Å²) in [5.41, 5.74) is 1.24. The Morgan fingerprint density at radius 2 is 1.72 bits per heavy atom. The molecule has 3 aromatic rings. The van der Waals surface area contributed by atoms with Crippen LogP contribution in [0.25, 0.3) is 6.08 Å². The Morgan fingerprint density at radius 3 is 2.31 bits per heavy atom. The average Bonchev–Trinajstić information content (AvgIpc) is 3.13. The van der Waals surface area contributed by atoms with Gasteiger partial charge in [0.2, 0.25) is 0 Å². The number of rotatable bonds is 7. The molecular weight excluding hydrogens is 388 g/mol. The van der Waals surface area contributed by atoms with Crippen LogP contribution in [0.1, 0.15) is 28.5 Å². The smallest absolute Gasteiger partial charge is 0.342 e. The van der Waals surface area contributed by atoms with E-state index < -0.39 is 16.0 Å². The van der Waals surface area contributed by atoms with Gasteiger partial charge in [-0.1, -0.05) is 54.6 Å². The number of carbonyl (C=O) groups is 1. The van der Waals surface area contributed by atoms with E-state index in [9.17, 15) is 13.2 Å². The Morgan fingerprint density at radius 1 is 1.10 bits per heavy atom. The number of ether oxygens (including phenoxy) is 1. The first-order valence-electron chi connectivity index (χ1n) is 8.85. The molecule has 29 heavy (non-hydrogen) atoms. The summed E-state index contributed by atoms with van der Waals surface area (Å²) in [5.74, 6) is -0.677. The van der Waals surface area contributed by atoms with Gasteiger partial charge < -0.3 is 4.74 Å². The van der Waals surface area contributed by atoms with Gasteiger partial charge in [0.1, 0.15) is 17.9 Å². The van der Waals surface area contributed by atoms with Crippen molar-refractivity contribution in [3.63, 3.8) is 0 Å². The number of hydrogen-bond acceptors (Lipinski definition) is 5. The summed E-state index contributed by atoms with van der Waals surface area (Å²) >= 11 is 0. The summed E-state index contributed by atoms with van der Waals surface area (Å²) in [6.07, 6.45) is 4.47. The highest BCUT2D eigenvalue weighted by Crippen LogP contribution is 2.32.